The van der Waals surface area contributed by atoms with Crippen LogP contribution < -0.4 is 4.90 Å². The fraction of sp³-hybridized carbons (Fsp3) is 0.207. The van der Waals surface area contributed by atoms with E-state index in [0.29, 0.717) is 12.3 Å². The highest BCUT2D eigenvalue weighted by Gasteiger charge is 2.53. The molecule has 302 valence electrons. The van der Waals surface area contributed by atoms with E-state index < -0.39 is 0 Å². The molecule has 1 saturated carbocycles. The average Bonchev–Trinajstić information content (AvgIpc) is 3.76. The van der Waals surface area contributed by atoms with E-state index in [-0.39, 0.29) is 16.9 Å². The number of fused-ring (bicyclic) bond motifs is 10. The molecule has 8 aromatic rings. The van der Waals surface area contributed by atoms with Crippen LogP contribution in [-0.2, 0) is 0 Å². The summed E-state index contributed by atoms with van der Waals surface area (Å²) in [6.07, 6.45) is 8.06. The maximum atomic E-state index is 5.64. The maximum absolute atomic E-state index is 5.64. The molecule has 3 nitrogen and oxygen atoms in total. The van der Waals surface area contributed by atoms with Gasteiger partial charge in [0.15, 0.2) is 5.84 Å². The zero-order valence-electron chi connectivity index (χ0n) is 36.0. The summed E-state index contributed by atoms with van der Waals surface area (Å²) in [7, 11) is 0. The Morgan fingerprint density at radius 2 is 1.31 bits per heavy atom. The standard InChI is InChI=1S/C58H49N3S/c1-35-29-49(40-23-26-52-46(32-40)43-21-13-14-22-51(43)62-52)59-56(36-15-7-6-8-16-36)60-54(35)47-34-41(30-39-19-11-12-20-42(39)47)61-50-33-38-18-10-9-17-37(38)31-45(50)44-24-25-48-53(55(44)61)58(4,5)28-27-57(48,2)3/h6-26,30-34,53,55H,27-29H2,1-5H3. The van der Waals surface area contributed by atoms with Gasteiger partial charge in [-0.05, 0) is 111 Å². The van der Waals surface area contributed by atoms with Crippen molar-refractivity contribution >= 4 is 87.2 Å². The highest BCUT2D eigenvalue weighted by atomic mass is 32.1. The second-order valence-electron chi connectivity index (χ2n) is 19.3. The maximum Gasteiger partial charge on any atom is 0.160 e. The summed E-state index contributed by atoms with van der Waals surface area (Å²) in [6, 6.07) is 53.9. The fourth-order valence-corrected chi connectivity index (χ4v) is 12.3. The molecule has 1 fully saturated rings. The minimum absolute atomic E-state index is 0.117. The molecule has 12 rings (SSSR count). The first-order valence-electron chi connectivity index (χ1n) is 22.2. The van der Waals surface area contributed by atoms with E-state index in [1.54, 1.807) is 5.57 Å². The number of thiophene rings is 1. The van der Waals surface area contributed by atoms with Crippen LogP contribution in [0.25, 0.3) is 53.0 Å². The van der Waals surface area contributed by atoms with Crippen LogP contribution in [0.1, 0.15) is 76.1 Å². The Labute approximate surface area is 368 Å². The summed E-state index contributed by atoms with van der Waals surface area (Å²) in [4.78, 5) is 13.8. The zero-order valence-corrected chi connectivity index (χ0v) is 36.9. The summed E-state index contributed by atoms with van der Waals surface area (Å²) >= 11 is 1.85. The summed E-state index contributed by atoms with van der Waals surface area (Å²) < 4.78 is 2.61. The largest absolute Gasteiger partial charge is 0.333 e. The molecule has 7 aromatic carbocycles. The number of amidine groups is 1. The minimum Gasteiger partial charge on any atom is -0.333 e. The van der Waals surface area contributed by atoms with Crippen molar-refractivity contribution in [2.45, 2.75) is 59.9 Å². The number of hydrogen-bond donors (Lipinski definition) is 0. The van der Waals surface area contributed by atoms with Crippen LogP contribution in [0.4, 0.5) is 11.4 Å². The molecular formula is C58H49N3S. The third-order valence-electron chi connectivity index (χ3n) is 14.6. The molecule has 0 bridgehead atoms. The topological polar surface area (TPSA) is 28.0 Å². The average molecular weight is 820 g/mol. The van der Waals surface area contributed by atoms with Crippen molar-refractivity contribution in [3.8, 4) is 0 Å². The Balaban J connectivity index is 1.07. The van der Waals surface area contributed by atoms with Gasteiger partial charge in [-0.3, -0.25) is 0 Å². The van der Waals surface area contributed by atoms with Crippen molar-refractivity contribution in [3.63, 3.8) is 0 Å². The number of aliphatic imine (C=N–C) groups is 2. The van der Waals surface area contributed by atoms with Crippen LogP contribution in [0.15, 0.2) is 179 Å². The van der Waals surface area contributed by atoms with Gasteiger partial charge in [-0.2, -0.15) is 0 Å². The molecule has 2 unspecified atom stereocenters. The number of allylic oxidation sites excluding steroid dienone is 3. The number of anilines is 2. The molecule has 2 aliphatic carbocycles. The Morgan fingerprint density at radius 3 is 2.13 bits per heavy atom. The van der Waals surface area contributed by atoms with Gasteiger partial charge in [-0.25, -0.2) is 9.98 Å². The molecule has 4 heteroatoms. The Morgan fingerprint density at radius 1 is 0.597 bits per heavy atom. The van der Waals surface area contributed by atoms with E-state index >= 15 is 0 Å². The van der Waals surface area contributed by atoms with E-state index in [0.717, 1.165) is 33.9 Å². The summed E-state index contributed by atoms with van der Waals surface area (Å²) in [5.74, 6) is 1.10. The minimum atomic E-state index is 0.117. The van der Waals surface area contributed by atoms with Gasteiger partial charge >= 0.3 is 0 Å². The van der Waals surface area contributed by atoms with Crippen molar-refractivity contribution in [2.75, 3.05) is 4.90 Å². The molecule has 3 heterocycles. The fourth-order valence-electron chi connectivity index (χ4n) is 11.2. The second kappa shape index (κ2) is 13.8. The molecule has 0 amide bonds. The summed E-state index contributed by atoms with van der Waals surface area (Å²) in [5.41, 5.74) is 13.7. The van der Waals surface area contributed by atoms with Crippen molar-refractivity contribution in [3.05, 3.63) is 191 Å². The zero-order chi connectivity index (χ0) is 41.9. The Hall–Kier alpha value is -6.36. The van der Waals surface area contributed by atoms with Crippen molar-refractivity contribution < 1.29 is 0 Å². The lowest BCUT2D eigenvalue weighted by Crippen LogP contribution is -2.49. The van der Waals surface area contributed by atoms with E-state index in [2.05, 4.69) is 197 Å². The number of nitrogens with zero attached hydrogens (tertiary/aromatic N) is 3. The third-order valence-corrected chi connectivity index (χ3v) is 15.7. The first-order valence-corrected chi connectivity index (χ1v) is 23.0. The van der Waals surface area contributed by atoms with Gasteiger partial charge in [0, 0.05) is 60.6 Å². The first-order chi connectivity index (χ1) is 30.1. The summed E-state index contributed by atoms with van der Waals surface area (Å²) in [6.45, 7) is 12.2. The molecule has 1 aromatic heterocycles. The Bertz CT molecular complexity index is 3350. The van der Waals surface area contributed by atoms with E-state index in [9.17, 15) is 0 Å². The SMILES string of the molecule is CC1=C(c2cc(N3c4cc5ccccc5cc4C4=CC=C5C(C43)C(C)(C)CCC5(C)C)cc3ccccc23)N=C(c2ccccc2)N=C(c2ccc3sc4ccccc4c3c2)C1. The predicted octanol–water partition coefficient (Wildman–Crippen LogP) is 15.7. The van der Waals surface area contributed by atoms with Gasteiger partial charge in [0.1, 0.15) is 0 Å². The van der Waals surface area contributed by atoms with E-state index in [1.165, 1.54) is 82.6 Å². The van der Waals surface area contributed by atoms with Gasteiger partial charge < -0.3 is 4.90 Å². The normalized spacial score (nSPS) is 20.4. The van der Waals surface area contributed by atoms with Gasteiger partial charge in [-0.1, -0.05) is 149 Å². The second-order valence-corrected chi connectivity index (χ2v) is 20.4. The van der Waals surface area contributed by atoms with Gasteiger partial charge in [-0.15, -0.1) is 11.3 Å². The van der Waals surface area contributed by atoms with Crippen molar-refractivity contribution in [1.29, 1.82) is 0 Å². The third kappa shape index (κ3) is 5.83. The molecular weight excluding hydrogens is 771 g/mol. The molecule has 0 spiro atoms. The molecule has 0 saturated heterocycles. The van der Waals surface area contributed by atoms with Gasteiger partial charge in [0.05, 0.1) is 17.5 Å². The highest BCUT2D eigenvalue weighted by molar-refractivity contribution is 7.25. The van der Waals surface area contributed by atoms with Crippen LogP contribution in [0.3, 0.4) is 0 Å². The van der Waals surface area contributed by atoms with Crippen molar-refractivity contribution in [2.24, 2.45) is 26.7 Å². The number of benzene rings is 7. The monoisotopic (exact) mass is 819 g/mol. The highest BCUT2D eigenvalue weighted by Crippen LogP contribution is 2.62. The number of hydrogen-bond acceptors (Lipinski definition) is 4. The van der Waals surface area contributed by atoms with Crippen LogP contribution in [0.5, 0.6) is 0 Å². The van der Waals surface area contributed by atoms with Crippen molar-refractivity contribution in [1.82, 2.24) is 0 Å². The molecule has 2 aliphatic heterocycles. The smallest absolute Gasteiger partial charge is 0.160 e. The molecule has 4 aliphatic rings. The lowest BCUT2D eigenvalue weighted by atomic mass is 9.53. The van der Waals surface area contributed by atoms with Crippen LogP contribution in [0, 0.1) is 16.7 Å². The van der Waals surface area contributed by atoms with Gasteiger partial charge in [0.2, 0.25) is 0 Å². The molecule has 62 heavy (non-hydrogen) atoms. The molecule has 2 atom stereocenters. The molecule has 0 radical (unpaired) electrons. The van der Waals surface area contributed by atoms with Crippen LogP contribution in [-0.4, -0.2) is 17.6 Å². The number of rotatable bonds is 4. The van der Waals surface area contributed by atoms with E-state index in [4.69, 9.17) is 9.98 Å². The predicted molar refractivity (Wildman–Crippen MR) is 266 cm³/mol. The Kier molecular flexibility index (Phi) is 8.34. The lowest BCUT2D eigenvalue weighted by Gasteiger charge is -2.53. The summed E-state index contributed by atoms with van der Waals surface area (Å²) in [5, 5.41) is 7.55. The van der Waals surface area contributed by atoms with Gasteiger partial charge in [0.25, 0.3) is 0 Å². The quantitative estimate of drug-likeness (QED) is 0.174. The van der Waals surface area contributed by atoms with Crippen LogP contribution in [0.2, 0.25) is 0 Å². The van der Waals surface area contributed by atoms with E-state index in [1.807, 2.05) is 11.3 Å². The molecule has 0 N–H and O–H groups in total. The van der Waals surface area contributed by atoms with Crippen LogP contribution >= 0.6 is 11.3 Å². The lowest BCUT2D eigenvalue weighted by molar-refractivity contribution is 0.116. The first kappa shape index (κ1) is 37.4.